The van der Waals surface area contributed by atoms with Crippen molar-refractivity contribution in [1.82, 2.24) is 15.5 Å². The van der Waals surface area contributed by atoms with Crippen LogP contribution in [-0.4, -0.2) is 102 Å². The maximum Gasteiger partial charge on any atom is 0.245 e. The highest BCUT2D eigenvalue weighted by Gasteiger charge is 2.65. The van der Waals surface area contributed by atoms with Crippen molar-refractivity contribution in [3.05, 3.63) is 64.7 Å². The largest absolute Gasteiger partial charge is 0.494 e. The molecule has 0 spiro atoms. The second-order valence-electron chi connectivity index (χ2n) is 13.9. The molecule has 1 aliphatic carbocycles. The van der Waals surface area contributed by atoms with Gasteiger partial charge in [0.15, 0.2) is 0 Å². The van der Waals surface area contributed by atoms with Gasteiger partial charge in [-0.15, -0.1) is 0 Å². The zero-order valence-electron chi connectivity index (χ0n) is 28.1. The van der Waals surface area contributed by atoms with E-state index in [-0.39, 0.29) is 24.8 Å². The van der Waals surface area contributed by atoms with Crippen LogP contribution in [0.4, 0.5) is 0 Å². The monoisotopic (exact) mass is 653 g/mol. The highest BCUT2D eigenvalue weighted by atomic mass is 16.8. The molecule has 11 nitrogen and oxygen atoms in total. The van der Waals surface area contributed by atoms with Crippen molar-refractivity contribution in [3.63, 3.8) is 0 Å². The zero-order valence-corrected chi connectivity index (χ0v) is 28.1. The molecule has 0 aromatic heterocycles. The first-order valence-electron chi connectivity index (χ1n) is 16.8. The molecule has 258 valence electrons. The third-order valence-corrected chi connectivity index (χ3v) is 9.87. The van der Waals surface area contributed by atoms with E-state index in [1.807, 2.05) is 68.4 Å². The average molecular weight is 654 g/mol. The summed E-state index contributed by atoms with van der Waals surface area (Å²) in [6, 6.07) is 13.5. The Bertz CT molecular complexity index is 1400. The minimum Gasteiger partial charge on any atom is -0.494 e. The van der Waals surface area contributed by atoms with E-state index in [1.54, 1.807) is 6.92 Å². The highest BCUT2D eigenvalue weighted by Crippen LogP contribution is 2.49. The van der Waals surface area contributed by atoms with Crippen LogP contribution in [0.1, 0.15) is 74.1 Å². The Hall–Kier alpha value is -3.06. The van der Waals surface area contributed by atoms with Gasteiger partial charge in [0.25, 0.3) is 0 Å². The number of fused-ring (bicyclic) bond motifs is 2. The second kappa shape index (κ2) is 14.6. The number of hydrogen-bond donors (Lipinski definition) is 5. The molecular weight excluding hydrogens is 602 g/mol. The van der Waals surface area contributed by atoms with Crippen molar-refractivity contribution < 1.29 is 39.1 Å². The predicted octanol–water partition coefficient (Wildman–Crippen LogP) is 2.30. The number of carbonyl (C=O) groups is 2. The number of benzene rings is 2. The first-order chi connectivity index (χ1) is 22.4. The van der Waals surface area contributed by atoms with Crippen molar-refractivity contribution in [2.75, 3.05) is 40.4 Å². The van der Waals surface area contributed by atoms with Gasteiger partial charge in [0.1, 0.15) is 35.2 Å². The van der Waals surface area contributed by atoms with Crippen LogP contribution >= 0.6 is 0 Å². The number of amides is 2. The fourth-order valence-electron chi connectivity index (χ4n) is 6.90. The lowest BCUT2D eigenvalue weighted by Gasteiger charge is -2.45. The number of rotatable bonds is 13. The maximum absolute atomic E-state index is 13.1. The Morgan fingerprint density at radius 3 is 2.45 bits per heavy atom. The lowest BCUT2D eigenvalue weighted by atomic mass is 9.80. The number of hydrogen-bond acceptors (Lipinski definition) is 9. The molecule has 2 aromatic carbocycles. The maximum atomic E-state index is 13.1. The van der Waals surface area contributed by atoms with Crippen LogP contribution in [0.5, 0.6) is 5.75 Å². The summed E-state index contributed by atoms with van der Waals surface area (Å²) in [5.74, 6) is -1.07. The van der Waals surface area contributed by atoms with Crippen LogP contribution in [0.25, 0.3) is 0 Å². The van der Waals surface area contributed by atoms with Crippen molar-refractivity contribution in [2.45, 2.75) is 100 Å². The van der Waals surface area contributed by atoms with Crippen LogP contribution in [0.3, 0.4) is 0 Å². The van der Waals surface area contributed by atoms with Gasteiger partial charge < -0.3 is 45.1 Å². The molecule has 2 saturated heterocycles. The Balaban J connectivity index is 1.12. The average Bonchev–Trinajstić information content (AvgIpc) is 3.40. The van der Waals surface area contributed by atoms with Gasteiger partial charge >= 0.3 is 0 Å². The van der Waals surface area contributed by atoms with Crippen LogP contribution < -0.4 is 15.4 Å². The molecule has 3 aliphatic rings. The van der Waals surface area contributed by atoms with Crippen molar-refractivity contribution in [1.29, 1.82) is 0 Å². The number of carbonyl (C=O) groups excluding carboxylic acids is 2. The molecule has 3 fully saturated rings. The first-order valence-corrected chi connectivity index (χ1v) is 16.8. The molecule has 2 bridgehead atoms. The molecule has 0 unspecified atom stereocenters. The third-order valence-electron chi connectivity index (χ3n) is 9.87. The molecule has 1 saturated carbocycles. The lowest BCUT2D eigenvalue weighted by molar-refractivity contribution is -0.322. The molecule has 5 rings (SSSR count). The summed E-state index contributed by atoms with van der Waals surface area (Å²) in [5.41, 5.74) is 1.75. The summed E-state index contributed by atoms with van der Waals surface area (Å²) in [4.78, 5) is 28.0. The van der Waals surface area contributed by atoms with E-state index in [4.69, 9.17) is 14.2 Å². The Kier molecular flexibility index (Phi) is 10.9. The van der Waals surface area contributed by atoms with Gasteiger partial charge in [0.2, 0.25) is 17.6 Å². The van der Waals surface area contributed by atoms with Crippen molar-refractivity contribution in [2.24, 2.45) is 0 Å². The van der Waals surface area contributed by atoms with Crippen molar-refractivity contribution in [3.8, 4) is 5.75 Å². The molecule has 47 heavy (non-hydrogen) atoms. The van der Waals surface area contributed by atoms with Crippen LogP contribution in [0.2, 0.25) is 0 Å². The van der Waals surface area contributed by atoms with Gasteiger partial charge in [-0.05, 0) is 88.5 Å². The van der Waals surface area contributed by atoms with E-state index in [9.17, 15) is 24.9 Å². The summed E-state index contributed by atoms with van der Waals surface area (Å²) in [6.45, 7) is 5.40. The quantitative estimate of drug-likeness (QED) is 0.205. The summed E-state index contributed by atoms with van der Waals surface area (Å²) >= 11 is 0. The first kappa shape index (κ1) is 35.3. The van der Waals surface area contributed by atoms with Gasteiger partial charge in [-0.3, -0.25) is 9.59 Å². The van der Waals surface area contributed by atoms with E-state index in [2.05, 4.69) is 10.6 Å². The van der Waals surface area contributed by atoms with Crippen molar-refractivity contribution >= 4 is 11.8 Å². The third kappa shape index (κ3) is 7.66. The molecule has 2 heterocycles. The number of aryl methyl sites for hydroxylation is 1. The van der Waals surface area contributed by atoms with Crippen LogP contribution in [0.15, 0.2) is 42.5 Å². The zero-order chi connectivity index (χ0) is 33.8. The van der Waals surface area contributed by atoms with Gasteiger partial charge in [0.05, 0.1) is 13.2 Å². The van der Waals surface area contributed by atoms with E-state index in [1.165, 1.54) is 0 Å². The number of likely N-dealkylation sites (N-methyl/N-ethyl adjacent to an activating group) is 1. The Morgan fingerprint density at radius 1 is 1.02 bits per heavy atom. The van der Waals surface area contributed by atoms with E-state index in [0.29, 0.717) is 50.1 Å². The number of aliphatic hydroxyl groups excluding tert-OH is 3. The number of nitrogens with one attached hydrogen (secondary N) is 2. The molecule has 2 amide bonds. The van der Waals surface area contributed by atoms with Crippen LogP contribution in [0, 0.1) is 6.92 Å². The molecule has 2 aliphatic heterocycles. The summed E-state index contributed by atoms with van der Waals surface area (Å²) < 4.78 is 18.0. The minimum atomic E-state index is -1.56. The smallest absolute Gasteiger partial charge is 0.245 e. The standard InChI is InChI=1S/C36H51N3O8/c1-24-10-13-27(36-32(43)30(41)31(42)34(2,47-36)23-46-36)22-26(24)21-25-11-14-28(15-12-25)45-20-8-9-29(40)38-35(16-6-5-7-17-35)33(44)37-18-19-39(3)4/h10-15,22,30-32,41-43H,5-9,16-21,23H2,1-4H3,(H,37,44)(H,38,40)/t30-,31-,32+,34-,36-/m0/s1. The van der Waals surface area contributed by atoms with Gasteiger partial charge in [-0.2, -0.15) is 0 Å². The summed E-state index contributed by atoms with van der Waals surface area (Å²) in [5, 5.41) is 37.9. The molecule has 0 radical (unpaired) electrons. The number of aliphatic hydroxyl groups is 3. The van der Waals surface area contributed by atoms with Gasteiger partial charge in [-0.25, -0.2) is 0 Å². The minimum absolute atomic E-state index is 0.0485. The highest BCUT2D eigenvalue weighted by molar-refractivity contribution is 5.91. The normalized spacial score (nSPS) is 28.2. The molecule has 2 aromatic rings. The topological polar surface area (TPSA) is 150 Å². The molecular formula is C36H51N3O8. The Labute approximate surface area is 277 Å². The van der Waals surface area contributed by atoms with E-state index < -0.39 is 35.2 Å². The summed E-state index contributed by atoms with van der Waals surface area (Å²) in [7, 11) is 3.92. The molecule has 5 atom stereocenters. The molecule has 11 heteroatoms. The van der Waals surface area contributed by atoms with Gasteiger partial charge in [-0.1, -0.05) is 43.5 Å². The predicted molar refractivity (Wildman–Crippen MR) is 176 cm³/mol. The fourth-order valence-corrected chi connectivity index (χ4v) is 6.90. The molecule has 5 N–H and O–H groups in total. The van der Waals surface area contributed by atoms with Crippen LogP contribution in [-0.2, 0) is 31.3 Å². The second-order valence-corrected chi connectivity index (χ2v) is 13.9. The SMILES string of the molecule is Cc1ccc([C@]23OC[C@](C)(O2)[C@@H](O)[C@H](O)[C@H]3O)cc1Cc1ccc(OCCCC(=O)NC2(C(=O)NCCN(C)C)CCCCC2)cc1. The van der Waals surface area contributed by atoms with Gasteiger partial charge in [0, 0.05) is 25.1 Å². The van der Waals surface area contributed by atoms with E-state index >= 15 is 0 Å². The Morgan fingerprint density at radius 2 is 1.74 bits per heavy atom. The fraction of sp³-hybridized carbons (Fsp3) is 0.611. The lowest BCUT2D eigenvalue weighted by Crippen LogP contribution is -2.63. The number of nitrogens with zero attached hydrogens (tertiary/aromatic N) is 1. The number of ether oxygens (including phenoxy) is 3. The summed E-state index contributed by atoms with van der Waals surface area (Å²) in [6.07, 6.45) is 1.55. The van der Waals surface area contributed by atoms with E-state index in [0.717, 1.165) is 42.5 Å².